The van der Waals surface area contributed by atoms with Gasteiger partial charge >= 0.3 is 12.1 Å². The van der Waals surface area contributed by atoms with Crippen LogP contribution in [0.15, 0.2) is 12.7 Å². The molecule has 6 heteroatoms. The van der Waals surface area contributed by atoms with Gasteiger partial charge in [0, 0.05) is 19.1 Å². The number of hydrogen-bond acceptors (Lipinski definition) is 4. The number of rotatable bonds is 6. The maximum absolute atomic E-state index is 11.9. The second kappa shape index (κ2) is 6.47. The van der Waals surface area contributed by atoms with Crippen LogP contribution in [0.5, 0.6) is 0 Å². The molecule has 0 saturated carbocycles. The van der Waals surface area contributed by atoms with E-state index in [0.717, 1.165) is 6.42 Å². The number of amides is 1. The van der Waals surface area contributed by atoms with Crippen molar-refractivity contribution in [3.63, 3.8) is 0 Å². The lowest BCUT2D eigenvalue weighted by molar-refractivity contribution is -0.141. The maximum atomic E-state index is 11.9. The van der Waals surface area contributed by atoms with E-state index in [2.05, 4.69) is 11.9 Å². The second-order valence-electron chi connectivity index (χ2n) is 6.76. The molecule has 1 amide bonds. The number of carbonyl (C=O) groups excluding carboxylic acids is 1. The van der Waals surface area contributed by atoms with Crippen molar-refractivity contribution in [2.45, 2.75) is 57.7 Å². The molecule has 120 valence electrons. The Morgan fingerprint density at radius 3 is 2.48 bits per heavy atom. The van der Waals surface area contributed by atoms with Gasteiger partial charge in [-0.3, -0.25) is 4.79 Å². The first kappa shape index (κ1) is 17.5. The van der Waals surface area contributed by atoms with E-state index in [1.807, 2.05) is 6.92 Å². The molecule has 1 saturated heterocycles. The molecule has 1 aliphatic heterocycles. The van der Waals surface area contributed by atoms with E-state index >= 15 is 0 Å². The summed E-state index contributed by atoms with van der Waals surface area (Å²) < 4.78 is 5.29. The van der Waals surface area contributed by atoms with Crippen LogP contribution in [0.4, 0.5) is 4.79 Å². The predicted molar refractivity (Wildman–Crippen MR) is 80.2 cm³/mol. The molecule has 1 fully saturated rings. The Hall–Kier alpha value is -1.56. The first-order valence-corrected chi connectivity index (χ1v) is 7.15. The largest absolute Gasteiger partial charge is 0.481 e. The van der Waals surface area contributed by atoms with Gasteiger partial charge in [0.25, 0.3) is 0 Å². The predicted octanol–water partition coefficient (Wildman–Crippen LogP) is 2.00. The highest BCUT2D eigenvalue weighted by atomic mass is 16.6. The summed E-state index contributed by atoms with van der Waals surface area (Å²) in [7, 11) is 0. The summed E-state index contributed by atoms with van der Waals surface area (Å²) in [5.74, 6) is -0.878. The standard InChI is InChI=1S/C15H26N2O4/c1-6-7-11(2)16-15(8-12(18)19)9-17(10-15)13(20)21-14(3,4)5/h6,11,16H,1,7-10H2,2-5H3,(H,18,19). The number of aliphatic carboxylic acids is 1. The van der Waals surface area contributed by atoms with Crippen LogP contribution >= 0.6 is 0 Å². The molecule has 6 nitrogen and oxygen atoms in total. The third kappa shape index (κ3) is 5.38. The van der Waals surface area contributed by atoms with Crippen molar-refractivity contribution in [3.8, 4) is 0 Å². The van der Waals surface area contributed by atoms with Gasteiger partial charge in [-0.1, -0.05) is 6.08 Å². The third-order valence-corrected chi connectivity index (χ3v) is 3.20. The average Bonchev–Trinajstić information content (AvgIpc) is 2.21. The van der Waals surface area contributed by atoms with Crippen molar-refractivity contribution >= 4 is 12.1 Å². The Balaban J connectivity index is 2.63. The highest BCUT2D eigenvalue weighted by molar-refractivity contribution is 5.73. The summed E-state index contributed by atoms with van der Waals surface area (Å²) in [6, 6.07) is 0.114. The van der Waals surface area contributed by atoms with Gasteiger partial charge < -0.3 is 20.1 Å². The van der Waals surface area contributed by atoms with Gasteiger partial charge in [-0.05, 0) is 34.1 Å². The topological polar surface area (TPSA) is 78.9 Å². The van der Waals surface area contributed by atoms with Crippen molar-refractivity contribution in [1.82, 2.24) is 10.2 Å². The van der Waals surface area contributed by atoms with Crippen LogP contribution in [0.3, 0.4) is 0 Å². The Labute approximate surface area is 126 Å². The number of carbonyl (C=O) groups is 2. The highest BCUT2D eigenvalue weighted by Crippen LogP contribution is 2.27. The monoisotopic (exact) mass is 298 g/mol. The molecule has 1 atom stereocenters. The number of carboxylic acids is 1. The smallest absolute Gasteiger partial charge is 0.410 e. The van der Waals surface area contributed by atoms with Gasteiger partial charge in [0.2, 0.25) is 0 Å². The number of carboxylic acid groups (broad SMARTS) is 1. The van der Waals surface area contributed by atoms with E-state index in [-0.39, 0.29) is 12.5 Å². The Morgan fingerprint density at radius 1 is 1.48 bits per heavy atom. The lowest BCUT2D eigenvalue weighted by atomic mass is 9.85. The number of nitrogens with one attached hydrogen (secondary N) is 1. The summed E-state index contributed by atoms with van der Waals surface area (Å²) in [5.41, 5.74) is -1.13. The summed E-state index contributed by atoms with van der Waals surface area (Å²) in [5, 5.41) is 12.4. The van der Waals surface area contributed by atoms with E-state index in [1.165, 1.54) is 4.90 Å². The van der Waals surface area contributed by atoms with Gasteiger partial charge in [0.1, 0.15) is 5.60 Å². The van der Waals surface area contributed by atoms with Crippen molar-refractivity contribution in [3.05, 3.63) is 12.7 Å². The van der Waals surface area contributed by atoms with E-state index in [0.29, 0.717) is 13.1 Å². The molecule has 1 aliphatic rings. The van der Waals surface area contributed by atoms with Gasteiger partial charge in [-0.2, -0.15) is 0 Å². The van der Waals surface area contributed by atoms with Gasteiger partial charge in [0.15, 0.2) is 0 Å². The van der Waals surface area contributed by atoms with Crippen molar-refractivity contribution in [2.24, 2.45) is 0 Å². The Kier molecular flexibility index (Phi) is 5.39. The van der Waals surface area contributed by atoms with E-state index in [9.17, 15) is 9.59 Å². The van der Waals surface area contributed by atoms with Crippen molar-refractivity contribution in [2.75, 3.05) is 13.1 Å². The van der Waals surface area contributed by atoms with Crippen molar-refractivity contribution in [1.29, 1.82) is 0 Å². The van der Waals surface area contributed by atoms with E-state index in [1.54, 1.807) is 26.8 Å². The quantitative estimate of drug-likeness (QED) is 0.733. The molecule has 1 rings (SSSR count). The van der Waals surface area contributed by atoms with E-state index in [4.69, 9.17) is 9.84 Å². The molecule has 0 radical (unpaired) electrons. The van der Waals surface area contributed by atoms with Gasteiger partial charge in [0.05, 0.1) is 12.0 Å². The van der Waals surface area contributed by atoms with Gasteiger partial charge in [-0.25, -0.2) is 4.79 Å². The fraction of sp³-hybridized carbons (Fsp3) is 0.733. The molecular weight excluding hydrogens is 272 g/mol. The summed E-state index contributed by atoms with van der Waals surface area (Å²) in [6.45, 7) is 11.8. The van der Waals surface area contributed by atoms with Crippen LogP contribution in [0.2, 0.25) is 0 Å². The van der Waals surface area contributed by atoms with Crippen molar-refractivity contribution < 1.29 is 19.4 Å². The molecule has 2 N–H and O–H groups in total. The Bertz CT molecular complexity index is 408. The minimum Gasteiger partial charge on any atom is -0.481 e. The minimum atomic E-state index is -0.878. The first-order chi connectivity index (χ1) is 9.57. The van der Waals surface area contributed by atoms with Crippen LogP contribution in [-0.4, -0.2) is 52.3 Å². The zero-order valence-corrected chi connectivity index (χ0v) is 13.3. The SMILES string of the molecule is C=CCC(C)NC1(CC(=O)O)CN(C(=O)OC(C)(C)C)C1. The molecule has 1 heterocycles. The number of likely N-dealkylation sites (tertiary alicyclic amines) is 1. The molecule has 0 bridgehead atoms. The van der Waals surface area contributed by atoms with Crippen LogP contribution in [0, 0.1) is 0 Å². The van der Waals surface area contributed by atoms with Crippen LogP contribution in [-0.2, 0) is 9.53 Å². The molecule has 0 aromatic heterocycles. The lowest BCUT2D eigenvalue weighted by Gasteiger charge is -2.50. The fourth-order valence-electron chi connectivity index (χ4n) is 2.52. The molecule has 1 unspecified atom stereocenters. The van der Waals surface area contributed by atoms with E-state index < -0.39 is 23.2 Å². The minimum absolute atomic E-state index is 0.0201. The van der Waals surface area contributed by atoms with Crippen LogP contribution < -0.4 is 5.32 Å². The van der Waals surface area contributed by atoms with Crippen LogP contribution in [0.1, 0.15) is 40.5 Å². The summed E-state index contributed by atoms with van der Waals surface area (Å²) >= 11 is 0. The molecule has 0 aliphatic carbocycles. The highest BCUT2D eigenvalue weighted by Gasteiger charge is 2.48. The number of ether oxygens (including phenoxy) is 1. The molecular formula is C15H26N2O4. The number of nitrogens with zero attached hydrogens (tertiary/aromatic N) is 1. The molecule has 0 aromatic carbocycles. The summed E-state index contributed by atoms with van der Waals surface area (Å²) in [4.78, 5) is 24.5. The average molecular weight is 298 g/mol. The number of hydrogen-bond donors (Lipinski definition) is 2. The fourth-order valence-corrected chi connectivity index (χ4v) is 2.52. The normalized spacial score (nSPS) is 18.6. The molecule has 0 spiro atoms. The zero-order chi connectivity index (χ0) is 16.3. The lowest BCUT2D eigenvalue weighted by Crippen LogP contribution is -2.72. The van der Waals surface area contributed by atoms with Crippen LogP contribution in [0.25, 0.3) is 0 Å². The Morgan fingerprint density at radius 2 is 2.05 bits per heavy atom. The zero-order valence-electron chi connectivity index (χ0n) is 13.3. The van der Waals surface area contributed by atoms with Gasteiger partial charge in [-0.15, -0.1) is 6.58 Å². The maximum Gasteiger partial charge on any atom is 0.410 e. The first-order valence-electron chi connectivity index (χ1n) is 7.15. The molecule has 21 heavy (non-hydrogen) atoms. The second-order valence-corrected chi connectivity index (χ2v) is 6.76. The third-order valence-electron chi connectivity index (χ3n) is 3.20. The molecule has 0 aromatic rings. The summed E-state index contributed by atoms with van der Waals surface area (Å²) in [6.07, 6.45) is 2.11.